The maximum atomic E-state index is 12.2. The van der Waals surface area contributed by atoms with E-state index >= 15 is 0 Å². The minimum Gasteiger partial charge on any atom is -0.494 e. The molecular weight excluding hydrogens is 383 g/mol. The third-order valence-corrected chi connectivity index (χ3v) is 7.97. The second-order valence-corrected chi connectivity index (χ2v) is 10.3. The van der Waals surface area contributed by atoms with Crippen molar-refractivity contribution in [2.75, 3.05) is 6.61 Å². The first-order valence-electron chi connectivity index (χ1n) is 13.3. The molecule has 2 aliphatic carbocycles. The first kappa shape index (κ1) is 24.3. The van der Waals surface area contributed by atoms with E-state index in [1.807, 2.05) is 0 Å². The van der Waals surface area contributed by atoms with E-state index in [0.29, 0.717) is 0 Å². The maximum Gasteiger partial charge on any atom is 0.119 e. The van der Waals surface area contributed by atoms with Crippen LogP contribution >= 0.6 is 0 Å². The van der Waals surface area contributed by atoms with Crippen LogP contribution in [0.1, 0.15) is 115 Å². The smallest absolute Gasteiger partial charge is 0.119 e. The van der Waals surface area contributed by atoms with Crippen LogP contribution in [0.4, 0.5) is 4.39 Å². The van der Waals surface area contributed by atoms with E-state index in [4.69, 9.17) is 4.74 Å². The fraction of sp³-hybridized carbons (Fsp3) is 0.724. The Morgan fingerprint density at radius 1 is 0.806 bits per heavy atom. The van der Waals surface area contributed by atoms with Crippen molar-refractivity contribution in [3.8, 4) is 5.75 Å². The monoisotopic (exact) mass is 428 g/mol. The van der Waals surface area contributed by atoms with Crippen LogP contribution in [0.2, 0.25) is 0 Å². The predicted molar refractivity (Wildman–Crippen MR) is 130 cm³/mol. The van der Waals surface area contributed by atoms with Crippen molar-refractivity contribution in [3.63, 3.8) is 0 Å². The normalized spacial score (nSPS) is 26.9. The van der Waals surface area contributed by atoms with Gasteiger partial charge in [0.05, 0.1) is 12.9 Å². The molecule has 1 nitrogen and oxygen atoms in total. The molecule has 3 rings (SSSR count). The highest BCUT2D eigenvalue weighted by molar-refractivity contribution is 5.29. The van der Waals surface area contributed by atoms with Crippen LogP contribution in [0, 0.1) is 17.8 Å². The molecule has 0 atom stereocenters. The third-order valence-electron chi connectivity index (χ3n) is 7.97. The number of hydrogen-bond donors (Lipinski definition) is 0. The summed E-state index contributed by atoms with van der Waals surface area (Å²) in [6.45, 7) is 3.09. The van der Waals surface area contributed by atoms with E-state index in [1.54, 1.807) is 6.08 Å². The Morgan fingerprint density at radius 3 is 2.03 bits per heavy atom. The SMILES string of the molecule is CCCCCCOc1ccc(C2CCC(CCC3CCC(CC=CF)CC3)CC2)cc1. The van der Waals surface area contributed by atoms with Gasteiger partial charge in [-0.25, -0.2) is 4.39 Å². The quantitative estimate of drug-likeness (QED) is 0.301. The molecule has 0 radical (unpaired) electrons. The Kier molecular flexibility index (Phi) is 11.0. The highest BCUT2D eigenvalue weighted by Crippen LogP contribution is 2.40. The molecule has 1 aromatic carbocycles. The number of benzene rings is 1. The van der Waals surface area contributed by atoms with Gasteiger partial charge in [0.2, 0.25) is 0 Å². The second kappa shape index (κ2) is 14.0. The average molecular weight is 429 g/mol. The number of ether oxygens (including phenoxy) is 1. The molecule has 0 N–H and O–H groups in total. The molecule has 2 heteroatoms. The van der Waals surface area contributed by atoms with Crippen molar-refractivity contribution in [1.82, 2.24) is 0 Å². The Bertz CT molecular complexity index is 606. The molecule has 31 heavy (non-hydrogen) atoms. The average Bonchev–Trinajstić information content (AvgIpc) is 2.83. The summed E-state index contributed by atoms with van der Waals surface area (Å²) in [5, 5.41) is 0. The summed E-state index contributed by atoms with van der Waals surface area (Å²) in [6.07, 6.45) is 22.1. The van der Waals surface area contributed by atoms with Crippen LogP contribution in [0.15, 0.2) is 36.7 Å². The van der Waals surface area contributed by atoms with Crippen LogP contribution in [-0.4, -0.2) is 6.61 Å². The van der Waals surface area contributed by atoms with Crippen molar-refractivity contribution < 1.29 is 9.13 Å². The minimum absolute atomic E-state index is 0.722. The minimum atomic E-state index is 0.722. The van der Waals surface area contributed by atoms with Gasteiger partial charge in [-0.1, -0.05) is 70.1 Å². The van der Waals surface area contributed by atoms with Crippen molar-refractivity contribution in [3.05, 3.63) is 42.2 Å². The van der Waals surface area contributed by atoms with Gasteiger partial charge in [0.1, 0.15) is 5.75 Å². The standard InChI is InChI=1S/C29H45FO/c1-2-3-4-5-23-31-29-20-18-28(19-21-29)27-16-14-26(15-17-27)13-12-25-10-8-24(9-11-25)7-6-22-30/h6,18-22,24-27H,2-5,7-17,23H2,1H3. The topological polar surface area (TPSA) is 9.23 Å². The molecule has 0 aliphatic heterocycles. The first-order valence-corrected chi connectivity index (χ1v) is 13.3. The lowest BCUT2D eigenvalue weighted by molar-refractivity contribution is 0.231. The summed E-state index contributed by atoms with van der Waals surface area (Å²) in [5.74, 6) is 4.38. The van der Waals surface area contributed by atoms with E-state index in [-0.39, 0.29) is 0 Å². The predicted octanol–water partition coefficient (Wildman–Crippen LogP) is 9.38. The van der Waals surface area contributed by atoms with Crippen LogP contribution in [0.5, 0.6) is 5.75 Å². The summed E-state index contributed by atoms with van der Waals surface area (Å²) in [7, 11) is 0. The summed E-state index contributed by atoms with van der Waals surface area (Å²) in [5.41, 5.74) is 1.51. The Balaban J connectivity index is 1.30. The van der Waals surface area contributed by atoms with Crippen molar-refractivity contribution in [1.29, 1.82) is 0 Å². The first-order chi connectivity index (χ1) is 15.3. The summed E-state index contributed by atoms with van der Waals surface area (Å²) in [6, 6.07) is 8.98. The van der Waals surface area contributed by atoms with Gasteiger partial charge in [-0.3, -0.25) is 0 Å². The van der Waals surface area contributed by atoms with E-state index in [1.165, 1.54) is 89.0 Å². The molecule has 0 aromatic heterocycles. The molecule has 0 spiro atoms. The Hall–Kier alpha value is -1.31. The molecule has 0 amide bonds. The molecule has 2 aliphatic rings. The molecule has 2 fully saturated rings. The highest BCUT2D eigenvalue weighted by atomic mass is 19.1. The summed E-state index contributed by atoms with van der Waals surface area (Å²) in [4.78, 5) is 0. The summed E-state index contributed by atoms with van der Waals surface area (Å²) >= 11 is 0. The zero-order chi connectivity index (χ0) is 21.7. The van der Waals surface area contributed by atoms with Gasteiger partial charge in [-0.15, -0.1) is 0 Å². The van der Waals surface area contributed by atoms with E-state index < -0.39 is 0 Å². The van der Waals surface area contributed by atoms with E-state index in [9.17, 15) is 4.39 Å². The fourth-order valence-corrected chi connectivity index (χ4v) is 5.81. The molecule has 174 valence electrons. The van der Waals surface area contributed by atoms with Gasteiger partial charge in [-0.2, -0.15) is 0 Å². The molecule has 0 unspecified atom stereocenters. The van der Waals surface area contributed by atoms with Gasteiger partial charge in [0, 0.05) is 0 Å². The molecule has 0 heterocycles. The molecule has 1 aromatic rings. The van der Waals surface area contributed by atoms with Gasteiger partial charge in [0.15, 0.2) is 0 Å². The maximum absolute atomic E-state index is 12.2. The molecule has 2 saturated carbocycles. The van der Waals surface area contributed by atoms with Gasteiger partial charge < -0.3 is 4.74 Å². The zero-order valence-electron chi connectivity index (χ0n) is 19.9. The molecule has 0 bridgehead atoms. The van der Waals surface area contributed by atoms with Crippen LogP contribution in [0.3, 0.4) is 0 Å². The lowest BCUT2D eigenvalue weighted by Crippen LogP contribution is -2.17. The van der Waals surface area contributed by atoms with Crippen molar-refractivity contribution in [2.45, 2.75) is 109 Å². The van der Waals surface area contributed by atoms with Crippen LogP contribution in [0.25, 0.3) is 0 Å². The lowest BCUT2D eigenvalue weighted by atomic mass is 9.74. The number of rotatable bonds is 12. The highest BCUT2D eigenvalue weighted by Gasteiger charge is 2.25. The summed E-state index contributed by atoms with van der Waals surface area (Å²) < 4.78 is 18.1. The van der Waals surface area contributed by atoms with Gasteiger partial charge in [-0.05, 0) is 92.7 Å². The second-order valence-electron chi connectivity index (χ2n) is 10.3. The Morgan fingerprint density at radius 2 is 1.42 bits per heavy atom. The van der Waals surface area contributed by atoms with Crippen LogP contribution < -0.4 is 4.74 Å². The number of unbranched alkanes of at least 4 members (excludes halogenated alkanes) is 3. The van der Waals surface area contributed by atoms with Crippen molar-refractivity contribution >= 4 is 0 Å². The third kappa shape index (κ3) is 8.62. The van der Waals surface area contributed by atoms with Crippen molar-refractivity contribution in [2.24, 2.45) is 17.8 Å². The van der Waals surface area contributed by atoms with E-state index in [0.717, 1.165) is 55.2 Å². The number of halogens is 1. The molecular formula is C29H45FO. The van der Waals surface area contributed by atoms with Crippen LogP contribution in [-0.2, 0) is 0 Å². The van der Waals surface area contributed by atoms with Gasteiger partial charge in [0.25, 0.3) is 0 Å². The molecule has 0 saturated heterocycles. The largest absolute Gasteiger partial charge is 0.494 e. The Labute approximate surface area is 190 Å². The van der Waals surface area contributed by atoms with E-state index in [2.05, 4.69) is 31.2 Å². The lowest BCUT2D eigenvalue weighted by Gasteiger charge is -2.32. The number of hydrogen-bond acceptors (Lipinski definition) is 1. The number of allylic oxidation sites excluding steroid dienone is 1. The fourth-order valence-electron chi connectivity index (χ4n) is 5.81. The van der Waals surface area contributed by atoms with Gasteiger partial charge >= 0.3 is 0 Å². The zero-order valence-corrected chi connectivity index (χ0v) is 19.9.